The van der Waals surface area contributed by atoms with Gasteiger partial charge in [-0.2, -0.15) is 0 Å². The second-order valence-electron chi connectivity index (χ2n) is 9.61. The third-order valence-electron chi connectivity index (χ3n) is 6.67. The second-order valence-corrected chi connectivity index (χ2v) is 9.61. The number of anilines is 1. The predicted molar refractivity (Wildman–Crippen MR) is 148 cm³/mol. The van der Waals surface area contributed by atoms with Crippen molar-refractivity contribution in [2.24, 2.45) is 0 Å². The van der Waals surface area contributed by atoms with Crippen LogP contribution < -0.4 is 19.1 Å². The van der Waals surface area contributed by atoms with Crippen LogP contribution in [0.25, 0.3) is 0 Å². The van der Waals surface area contributed by atoms with Crippen LogP contribution in [0.5, 0.6) is 17.2 Å². The summed E-state index contributed by atoms with van der Waals surface area (Å²) >= 11 is 0. The summed E-state index contributed by atoms with van der Waals surface area (Å²) in [6.07, 6.45) is 1.67. The van der Waals surface area contributed by atoms with Gasteiger partial charge in [-0.1, -0.05) is 42.5 Å². The zero-order valence-electron chi connectivity index (χ0n) is 22.2. The first kappa shape index (κ1) is 27.8. The molecule has 1 unspecified atom stereocenters. The summed E-state index contributed by atoms with van der Waals surface area (Å²) in [6, 6.07) is 21.7. The van der Waals surface area contributed by atoms with E-state index in [4.69, 9.17) is 19.3 Å². The van der Waals surface area contributed by atoms with Crippen molar-refractivity contribution in [3.8, 4) is 17.2 Å². The van der Waals surface area contributed by atoms with Crippen LogP contribution in [0.2, 0.25) is 0 Å². The smallest absolute Gasteiger partial charge is 0.346 e. The van der Waals surface area contributed by atoms with Crippen molar-refractivity contribution in [1.29, 1.82) is 0 Å². The molecule has 3 aromatic carbocycles. The molecular formula is C31H35NO7. The summed E-state index contributed by atoms with van der Waals surface area (Å²) in [5.74, 6) is 0.374. The number of hydrogen-bond donors (Lipinski definition) is 2. The topological polar surface area (TPSA) is 106 Å². The highest BCUT2D eigenvalue weighted by Gasteiger charge is 2.31. The SMILES string of the molecule is Cc1ccccc1OCCCOc1ccc(CCc2cccc3c2OC(C(=O)O)CN3CCCC(=O)O)cc1. The Bertz CT molecular complexity index is 1260. The number of benzene rings is 3. The lowest BCUT2D eigenvalue weighted by molar-refractivity contribution is -0.145. The normalized spacial score (nSPS) is 14.3. The number of fused-ring (bicyclic) bond motifs is 1. The maximum Gasteiger partial charge on any atom is 0.346 e. The second kappa shape index (κ2) is 13.6. The molecule has 206 valence electrons. The fourth-order valence-electron chi connectivity index (χ4n) is 4.57. The van der Waals surface area contributed by atoms with E-state index < -0.39 is 18.0 Å². The van der Waals surface area contributed by atoms with Crippen molar-refractivity contribution in [2.75, 3.05) is 31.2 Å². The number of aliphatic carboxylic acids is 2. The number of nitrogens with zero attached hydrogens (tertiary/aromatic N) is 1. The Balaban J connectivity index is 1.30. The Morgan fingerprint density at radius 2 is 1.69 bits per heavy atom. The molecule has 8 heteroatoms. The summed E-state index contributed by atoms with van der Waals surface area (Å²) in [5, 5.41) is 18.6. The van der Waals surface area contributed by atoms with Gasteiger partial charge in [0.15, 0.2) is 0 Å². The predicted octanol–water partition coefficient (Wildman–Crippen LogP) is 5.14. The molecule has 2 N–H and O–H groups in total. The summed E-state index contributed by atoms with van der Waals surface area (Å²) in [4.78, 5) is 24.6. The fraction of sp³-hybridized carbons (Fsp3) is 0.355. The Kier molecular flexibility index (Phi) is 9.67. The van der Waals surface area contributed by atoms with Gasteiger partial charge >= 0.3 is 11.9 Å². The molecule has 0 fully saturated rings. The summed E-state index contributed by atoms with van der Waals surface area (Å²) < 4.78 is 17.6. The van der Waals surface area contributed by atoms with Gasteiger partial charge in [-0.15, -0.1) is 0 Å². The number of carboxylic acids is 2. The van der Waals surface area contributed by atoms with Crippen molar-refractivity contribution in [2.45, 2.75) is 45.1 Å². The fourth-order valence-corrected chi connectivity index (χ4v) is 4.57. The van der Waals surface area contributed by atoms with Gasteiger partial charge in [0.25, 0.3) is 0 Å². The molecule has 3 aromatic rings. The highest BCUT2D eigenvalue weighted by Crippen LogP contribution is 2.37. The molecule has 0 saturated heterocycles. The number of ether oxygens (including phenoxy) is 3. The van der Waals surface area contributed by atoms with E-state index in [-0.39, 0.29) is 13.0 Å². The Labute approximate surface area is 228 Å². The minimum absolute atomic E-state index is 0.0327. The number of carboxylic acid groups (broad SMARTS) is 2. The van der Waals surface area contributed by atoms with E-state index in [1.807, 2.05) is 78.6 Å². The van der Waals surface area contributed by atoms with Crippen LogP contribution in [0.4, 0.5) is 5.69 Å². The maximum absolute atomic E-state index is 11.7. The summed E-state index contributed by atoms with van der Waals surface area (Å²) in [6.45, 7) is 3.82. The zero-order valence-corrected chi connectivity index (χ0v) is 22.2. The molecule has 8 nitrogen and oxygen atoms in total. The minimum atomic E-state index is -1.03. The standard InChI is InChI=1S/C31H35NO7/c1-22-7-2-3-10-27(22)38-20-6-19-37-25-16-13-23(14-17-25)12-15-24-8-4-9-26-30(24)39-28(31(35)36)21-32(26)18-5-11-29(33)34/h2-4,7-10,13-14,16-17,28H,5-6,11-12,15,18-21H2,1H3,(H,33,34)(H,35,36). The van der Waals surface area contributed by atoms with E-state index in [9.17, 15) is 14.7 Å². The lowest BCUT2D eigenvalue weighted by Gasteiger charge is -2.35. The van der Waals surface area contributed by atoms with E-state index in [1.165, 1.54) is 0 Å². The van der Waals surface area contributed by atoms with Crippen molar-refractivity contribution >= 4 is 17.6 Å². The molecule has 0 radical (unpaired) electrons. The van der Waals surface area contributed by atoms with Crippen LogP contribution in [-0.4, -0.2) is 54.6 Å². The molecule has 0 aliphatic carbocycles. The minimum Gasteiger partial charge on any atom is -0.493 e. The average Bonchev–Trinajstić information content (AvgIpc) is 2.93. The molecule has 0 saturated carbocycles. The van der Waals surface area contributed by atoms with Gasteiger partial charge in [-0.05, 0) is 67.1 Å². The largest absolute Gasteiger partial charge is 0.493 e. The molecule has 0 spiro atoms. The van der Waals surface area contributed by atoms with Gasteiger partial charge in [-0.3, -0.25) is 4.79 Å². The van der Waals surface area contributed by atoms with E-state index >= 15 is 0 Å². The number of para-hydroxylation sites is 2. The first-order valence-electron chi connectivity index (χ1n) is 13.3. The summed E-state index contributed by atoms with van der Waals surface area (Å²) in [7, 11) is 0. The molecule has 39 heavy (non-hydrogen) atoms. The van der Waals surface area contributed by atoms with Gasteiger partial charge in [0, 0.05) is 19.4 Å². The van der Waals surface area contributed by atoms with Crippen LogP contribution in [-0.2, 0) is 22.4 Å². The first-order valence-corrected chi connectivity index (χ1v) is 13.3. The average molecular weight is 534 g/mol. The molecular weight excluding hydrogens is 498 g/mol. The van der Waals surface area contributed by atoms with Crippen molar-refractivity contribution in [1.82, 2.24) is 0 Å². The van der Waals surface area contributed by atoms with Gasteiger partial charge in [0.05, 0.1) is 25.4 Å². The highest BCUT2D eigenvalue weighted by molar-refractivity contribution is 5.77. The quantitative estimate of drug-likeness (QED) is 0.274. The molecule has 0 aromatic heterocycles. The van der Waals surface area contributed by atoms with Crippen LogP contribution in [0.15, 0.2) is 66.7 Å². The van der Waals surface area contributed by atoms with E-state index in [2.05, 4.69) is 0 Å². The van der Waals surface area contributed by atoms with Crippen LogP contribution in [0.1, 0.15) is 36.0 Å². The molecule has 0 bridgehead atoms. The van der Waals surface area contributed by atoms with Gasteiger partial charge in [0.2, 0.25) is 6.10 Å². The molecule has 1 aliphatic rings. The molecule has 1 aliphatic heterocycles. The van der Waals surface area contributed by atoms with Crippen molar-refractivity contribution < 1.29 is 34.0 Å². The van der Waals surface area contributed by atoms with E-state index in [1.54, 1.807) is 0 Å². The Hall–Kier alpha value is -4.20. The molecule has 4 rings (SSSR count). The number of aryl methyl sites for hydroxylation is 3. The Morgan fingerprint density at radius 1 is 0.923 bits per heavy atom. The third-order valence-corrected chi connectivity index (χ3v) is 6.67. The van der Waals surface area contributed by atoms with E-state index in [0.29, 0.717) is 38.3 Å². The van der Waals surface area contributed by atoms with Crippen LogP contribution in [0, 0.1) is 6.92 Å². The van der Waals surface area contributed by atoms with Crippen LogP contribution in [0.3, 0.4) is 0 Å². The van der Waals surface area contributed by atoms with Crippen molar-refractivity contribution in [3.05, 3.63) is 83.4 Å². The van der Waals surface area contributed by atoms with Gasteiger partial charge < -0.3 is 29.3 Å². The summed E-state index contributed by atoms with van der Waals surface area (Å²) in [5.41, 5.74) is 3.99. The number of carbonyl (C=O) groups is 2. The number of rotatable bonds is 14. The highest BCUT2D eigenvalue weighted by atomic mass is 16.5. The zero-order chi connectivity index (χ0) is 27.6. The van der Waals surface area contributed by atoms with E-state index in [0.717, 1.165) is 46.7 Å². The Morgan fingerprint density at radius 3 is 2.44 bits per heavy atom. The maximum atomic E-state index is 11.7. The van der Waals surface area contributed by atoms with Crippen LogP contribution >= 0.6 is 0 Å². The van der Waals surface area contributed by atoms with Gasteiger partial charge in [0.1, 0.15) is 17.2 Å². The lowest BCUT2D eigenvalue weighted by atomic mass is 10.0. The van der Waals surface area contributed by atoms with Crippen molar-refractivity contribution in [3.63, 3.8) is 0 Å². The molecule has 0 amide bonds. The third kappa shape index (κ3) is 7.89. The first-order chi connectivity index (χ1) is 18.9. The van der Waals surface area contributed by atoms with Gasteiger partial charge in [-0.25, -0.2) is 4.79 Å². The number of hydrogen-bond acceptors (Lipinski definition) is 6. The monoisotopic (exact) mass is 533 g/mol. The molecule has 1 heterocycles. The molecule has 1 atom stereocenters. The lowest BCUT2D eigenvalue weighted by Crippen LogP contribution is -2.45.